The lowest BCUT2D eigenvalue weighted by atomic mass is 10.0. The fourth-order valence-electron chi connectivity index (χ4n) is 8.47. The summed E-state index contributed by atoms with van der Waals surface area (Å²) in [4.78, 5) is 38.2. The first-order chi connectivity index (χ1) is 34.5. The van der Waals surface area contributed by atoms with Crippen molar-refractivity contribution >= 4 is 17.9 Å². The second-order valence-electron chi connectivity index (χ2n) is 19.9. The minimum absolute atomic E-state index is 0.0868. The normalized spacial score (nSPS) is 12.6. The summed E-state index contributed by atoms with van der Waals surface area (Å²) in [7, 11) is 0. The van der Waals surface area contributed by atoms with Crippen molar-refractivity contribution in [1.29, 1.82) is 0 Å². The van der Waals surface area contributed by atoms with E-state index in [2.05, 4.69) is 93.7 Å². The molecule has 0 fully saturated rings. The molecule has 404 valence electrons. The summed E-state index contributed by atoms with van der Waals surface area (Å²) >= 11 is 0. The Hall–Kier alpha value is -3.15. The molecule has 0 saturated heterocycles. The van der Waals surface area contributed by atoms with Crippen LogP contribution >= 0.6 is 0 Å². The molecular weight excluding hydrogens is 865 g/mol. The highest BCUT2D eigenvalue weighted by atomic mass is 16.6. The Balaban J connectivity index is 4.43. The number of esters is 3. The van der Waals surface area contributed by atoms with Gasteiger partial charge in [-0.05, 0) is 89.9 Å². The largest absolute Gasteiger partial charge is 0.462 e. The maximum absolute atomic E-state index is 12.9. The van der Waals surface area contributed by atoms with Crippen molar-refractivity contribution in [3.8, 4) is 0 Å². The van der Waals surface area contributed by atoms with Gasteiger partial charge in [0.05, 0.1) is 0 Å². The molecule has 0 heterocycles. The summed E-state index contributed by atoms with van der Waals surface area (Å²) in [6, 6.07) is 0. The summed E-state index contributed by atoms with van der Waals surface area (Å²) in [5.41, 5.74) is 0. The smallest absolute Gasteiger partial charge is 0.306 e. The van der Waals surface area contributed by atoms with Crippen LogP contribution in [0.25, 0.3) is 0 Å². The Kier molecular flexibility index (Phi) is 55.8. The third-order valence-corrected chi connectivity index (χ3v) is 12.9. The van der Waals surface area contributed by atoms with E-state index in [0.29, 0.717) is 19.3 Å². The zero-order valence-electron chi connectivity index (χ0n) is 46.3. The fourth-order valence-corrected chi connectivity index (χ4v) is 8.47. The molecule has 1 unspecified atom stereocenters. The van der Waals surface area contributed by atoms with Gasteiger partial charge < -0.3 is 14.2 Å². The molecule has 70 heavy (non-hydrogen) atoms. The van der Waals surface area contributed by atoms with E-state index in [1.807, 2.05) is 0 Å². The molecule has 0 saturated carbocycles. The molecule has 0 aliphatic rings. The molecule has 0 aliphatic heterocycles. The van der Waals surface area contributed by atoms with Gasteiger partial charge >= 0.3 is 17.9 Å². The first kappa shape index (κ1) is 66.9. The fraction of sp³-hybridized carbons (Fsp3) is 0.766. The lowest BCUT2D eigenvalue weighted by Crippen LogP contribution is -2.30. The number of unbranched alkanes of at least 4 members (excludes halogenated alkanes) is 31. The number of allylic oxidation sites excluding steroid dienone is 12. The first-order valence-electron chi connectivity index (χ1n) is 29.9. The highest BCUT2D eigenvalue weighted by Crippen LogP contribution is 2.16. The van der Waals surface area contributed by atoms with Gasteiger partial charge in [-0.1, -0.05) is 261 Å². The van der Waals surface area contributed by atoms with Crippen LogP contribution in [0.15, 0.2) is 72.9 Å². The Labute approximate surface area is 433 Å². The monoisotopic (exact) mass is 977 g/mol. The number of hydrogen-bond acceptors (Lipinski definition) is 6. The Morgan fingerprint density at radius 2 is 0.557 bits per heavy atom. The molecule has 6 heteroatoms. The average molecular weight is 978 g/mol. The molecule has 0 bridgehead atoms. The molecule has 0 radical (unpaired) electrons. The molecule has 6 nitrogen and oxygen atoms in total. The van der Waals surface area contributed by atoms with Crippen LogP contribution in [0.1, 0.15) is 297 Å². The van der Waals surface area contributed by atoms with Crippen molar-refractivity contribution in [3.63, 3.8) is 0 Å². The van der Waals surface area contributed by atoms with Crippen molar-refractivity contribution in [2.45, 2.75) is 303 Å². The average Bonchev–Trinajstić information content (AvgIpc) is 3.36. The van der Waals surface area contributed by atoms with E-state index in [-0.39, 0.29) is 31.1 Å². The van der Waals surface area contributed by atoms with E-state index in [9.17, 15) is 14.4 Å². The minimum Gasteiger partial charge on any atom is -0.462 e. The van der Waals surface area contributed by atoms with E-state index < -0.39 is 6.10 Å². The van der Waals surface area contributed by atoms with Gasteiger partial charge in [0, 0.05) is 19.3 Å². The summed E-state index contributed by atoms with van der Waals surface area (Å²) in [5, 5.41) is 0. The van der Waals surface area contributed by atoms with Gasteiger partial charge in [-0.2, -0.15) is 0 Å². The molecular formula is C64H112O6. The number of rotatable bonds is 54. The quantitative estimate of drug-likeness (QED) is 0.0261. The number of hydrogen-bond donors (Lipinski definition) is 0. The number of carbonyl (C=O) groups is 3. The van der Waals surface area contributed by atoms with E-state index in [1.165, 1.54) is 148 Å². The molecule has 0 aromatic carbocycles. The van der Waals surface area contributed by atoms with Crippen LogP contribution in [-0.2, 0) is 28.6 Å². The van der Waals surface area contributed by atoms with Crippen LogP contribution in [-0.4, -0.2) is 37.2 Å². The Morgan fingerprint density at radius 3 is 0.900 bits per heavy atom. The third kappa shape index (κ3) is 55.8. The third-order valence-electron chi connectivity index (χ3n) is 12.9. The molecule has 0 aromatic rings. The van der Waals surface area contributed by atoms with E-state index in [0.717, 1.165) is 109 Å². The minimum atomic E-state index is -0.792. The van der Waals surface area contributed by atoms with Gasteiger partial charge in [0.25, 0.3) is 0 Å². The zero-order chi connectivity index (χ0) is 50.7. The number of carbonyl (C=O) groups excluding carboxylic acids is 3. The summed E-state index contributed by atoms with van der Waals surface area (Å²) in [5.74, 6) is -0.916. The molecule has 0 aromatic heterocycles. The molecule has 0 amide bonds. The molecule has 1 atom stereocenters. The van der Waals surface area contributed by atoms with Crippen molar-refractivity contribution in [2.24, 2.45) is 0 Å². The van der Waals surface area contributed by atoms with Gasteiger partial charge in [0.15, 0.2) is 6.10 Å². The first-order valence-corrected chi connectivity index (χ1v) is 29.9. The maximum atomic E-state index is 12.9. The highest BCUT2D eigenvalue weighted by molar-refractivity contribution is 5.71. The van der Waals surface area contributed by atoms with Crippen molar-refractivity contribution in [2.75, 3.05) is 13.2 Å². The Bertz CT molecular complexity index is 1310. The summed E-state index contributed by atoms with van der Waals surface area (Å²) in [6.07, 6.45) is 74.6. The van der Waals surface area contributed by atoms with Crippen LogP contribution in [0.4, 0.5) is 0 Å². The second kappa shape index (κ2) is 58.4. The van der Waals surface area contributed by atoms with Crippen LogP contribution in [0.3, 0.4) is 0 Å². The molecule has 0 rings (SSSR count). The van der Waals surface area contributed by atoms with Crippen LogP contribution in [0.2, 0.25) is 0 Å². The van der Waals surface area contributed by atoms with E-state index in [4.69, 9.17) is 14.2 Å². The van der Waals surface area contributed by atoms with E-state index in [1.54, 1.807) is 0 Å². The van der Waals surface area contributed by atoms with Crippen LogP contribution < -0.4 is 0 Å². The van der Waals surface area contributed by atoms with Crippen molar-refractivity contribution < 1.29 is 28.6 Å². The Morgan fingerprint density at radius 1 is 0.300 bits per heavy atom. The lowest BCUT2D eigenvalue weighted by Gasteiger charge is -2.18. The predicted molar refractivity (Wildman–Crippen MR) is 302 cm³/mol. The van der Waals surface area contributed by atoms with Gasteiger partial charge in [0.1, 0.15) is 13.2 Å². The predicted octanol–water partition coefficient (Wildman–Crippen LogP) is 20.2. The highest BCUT2D eigenvalue weighted by Gasteiger charge is 2.19. The molecule has 0 spiro atoms. The lowest BCUT2D eigenvalue weighted by molar-refractivity contribution is -0.167. The SMILES string of the molecule is CC/C=C\C/C=C\C/C=C\C/C=C\C/C=C\CCCCCC(=O)OCC(COC(=O)CCCCCCCCCCCCCCCCC)OC(=O)CCCCCCC/C=C\CCCCCCCCCCC. The van der Waals surface area contributed by atoms with Crippen LogP contribution in [0.5, 0.6) is 0 Å². The summed E-state index contributed by atoms with van der Waals surface area (Å²) < 4.78 is 16.9. The van der Waals surface area contributed by atoms with Gasteiger partial charge in [0.2, 0.25) is 0 Å². The molecule has 0 aliphatic carbocycles. The van der Waals surface area contributed by atoms with Crippen molar-refractivity contribution in [1.82, 2.24) is 0 Å². The molecule has 0 N–H and O–H groups in total. The van der Waals surface area contributed by atoms with Crippen LogP contribution in [0, 0.1) is 0 Å². The van der Waals surface area contributed by atoms with Gasteiger partial charge in [-0.15, -0.1) is 0 Å². The van der Waals surface area contributed by atoms with Gasteiger partial charge in [-0.25, -0.2) is 0 Å². The topological polar surface area (TPSA) is 78.9 Å². The van der Waals surface area contributed by atoms with Gasteiger partial charge in [-0.3, -0.25) is 14.4 Å². The zero-order valence-corrected chi connectivity index (χ0v) is 46.3. The number of ether oxygens (including phenoxy) is 3. The van der Waals surface area contributed by atoms with Crippen molar-refractivity contribution in [3.05, 3.63) is 72.9 Å². The second-order valence-corrected chi connectivity index (χ2v) is 19.9. The maximum Gasteiger partial charge on any atom is 0.306 e. The summed E-state index contributed by atoms with van der Waals surface area (Å²) in [6.45, 7) is 6.52. The standard InChI is InChI=1S/C64H112O6/c1-4-7-10-13-16-19-22-25-28-30-32-34-36-39-42-45-48-51-54-57-63(66)69-60-61(59-68-62(65)56-53-50-47-44-41-38-35-27-24-21-18-15-12-9-6-3)70-64(67)58-55-52-49-46-43-40-37-33-31-29-26-23-20-17-14-11-8-5-2/h7,10,16,19,25,28,32-34,37,39,42,61H,4-6,8-9,11-15,17-18,20-24,26-27,29-31,35-36,38,40-41,43-60H2,1-3H3/b10-7-,19-16-,28-25-,34-32-,37-33-,42-39-. The van der Waals surface area contributed by atoms with E-state index >= 15 is 0 Å².